The molecule has 0 aromatic heterocycles. The van der Waals surface area contributed by atoms with Gasteiger partial charge in [0.05, 0.1) is 17.5 Å². The number of carbonyl (C=O) groups excluding carboxylic acids is 1. The monoisotopic (exact) mass is 258 g/mol. The van der Waals surface area contributed by atoms with Crippen LogP contribution in [0.25, 0.3) is 0 Å². The Bertz CT molecular complexity index is 401. The lowest BCUT2D eigenvalue weighted by atomic mass is 10.2. The normalized spacial score (nSPS) is 12.2. The Morgan fingerprint density at radius 2 is 2.35 bits per heavy atom. The minimum Gasteiger partial charge on any atom is -0.396 e. The Hall–Kier alpha value is -1.27. The van der Waals surface area contributed by atoms with Gasteiger partial charge in [0.1, 0.15) is 5.82 Å². The number of anilines is 2. The largest absolute Gasteiger partial charge is 0.396 e. The average molecular weight is 258 g/mol. The van der Waals surface area contributed by atoms with Crippen LogP contribution in [-0.4, -0.2) is 28.6 Å². The van der Waals surface area contributed by atoms with E-state index in [-0.39, 0.29) is 23.5 Å². The maximum atomic E-state index is 12.9. The van der Waals surface area contributed by atoms with Crippen LogP contribution in [-0.2, 0) is 4.79 Å². The van der Waals surface area contributed by atoms with Crippen LogP contribution in [0.3, 0.4) is 0 Å². The van der Waals surface area contributed by atoms with Crippen LogP contribution in [0.5, 0.6) is 0 Å². The van der Waals surface area contributed by atoms with Crippen molar-refractivity contribution in [3.05, 3.63) is 24.0 Å². The lowest BCUT2D eigenvalue weighted by Crippen LogP contribution is -2.23. The molecule has 1 unspecified atom stereocenters. The fourth-order valence-electron chi connectivity index (χ4n) is 1.17. The number of nitrogen functional groups attached to an aromatic ring is 1. The van der Waals surface area contributed by atoms with Crippen molar-refractivity contribution in [1.82, 2.24) is 0 Å². The van der Waals surface area contributed by atoms with E-state index in [4.69, 9.17) is 10.8 Å². The predicted molar refractivity (Wildman–Crippen MR) is 68.4 cm³/mol. The second-order valence-corrected chi connectivity index (χ2v) is 4.91. The molecular formula is C11H15FN2O2S. The molecule has 0 saturated heterocycles. The highest BCUT2D eigenvalue weighted by Gasteiger charge is 2.13. The van der Waals surface area contributed by atoms with E-state index in [1.165, 1.54) is 30.0 Å². The van der Waals surface area contributed by atoms with E-state index in [1.807, 2.05) is 0 Å². The number of carbonyl (C=O) groups is 1. The van der Waals surface area contributed by atoms with Crippen molar-refractivity contribution in [2.24, 2.45) is 0 Å². The lowest BCUT2D eigenvalue weighted by Gasteiger charge is -2.11. The van der Waals surface area contributed by atoms with E-state index in [9.17, 15) is 9.18 Å². The highest BCUT2D eigenvalue weighted by Crippen LogP contribution is 2.18. The molecule has 17 heavy (non-hydrogen) atoms. The van der Waals surface area contributed by atoms with Crippen molar-refractivity contribution < 1.29 is 14.3 Å². The van der Waals surface area contributed by atoms with E-state index in [0.717, 1.165) is 0 Å². The molecule has 0 aliphatic rings. The second-order valence-electron chi connectivity index (χ2n) is 3.46. The summed E-state index contributed by atoms with van der Waals surface area (Å²) in [6.07, 6.45) is 0. The molecule has 0 heterocycles. The topological polar surface area (TPSA) is 75.3 Å². The Morgan fingerprint density at radius 3 is 2.94 bits per heavy atom. The first-order valence-electron chi connectivity index (χ1n) is 5.13. The van der Waals surface area contributed by atoms with Crippen molar-refractivity contribution in [2.45, 2.75) is 12.2 Å². The van der Waals surface area contributed by atoms with Crippen LogP contribution in [0.1, 0.15) is 6.92 Å². The number of rotatable bonds is 5. The zero-order chi connectivity index (χ0) is 12.8. The number of aliphatic hydroxyl groups is 1. The maximum Gasteiger partial charge on any atom is 0.237 e. The fourth-order valence-corrected chi connectivity index (χ4v) is 1.84. The summed E-state index contributed by atoms with van der Waals surface area (Å²) in [5.74, 6) is -0.208. The van der Waals surface area contributed by atoms with E-state index < -0.39 is 5.82 Å². The van der Waals surface area contributed by atoms with Gasteiger partial charge in [-0.2, -0.15) is 0 Å². The first kappa shape index (κ1) is 13.8. The zero-order valence-electron chi connectivity index (χ0n) is 9.44. The standard InChI is InChI=1S/C11H15FN2O2S/c1-7(17-5-4-15)11(16)14-8-2-3-9(12)10(13)6-8/h2-3,6-7,15H,4-5,13H2,1H3,(H,14,16). The molecule has 0 radical (unpaired) electrons. The molecule has 0 aliphatic carbocycles. The van der Waals surface area contributed by atoms with Gasteiger partial charge in [-0.15, -0.1) is 11.8 Å². The number of aliphatic hydroxyl groups excluding tert-OH is 1. The number of hydrogen-bond acceptors (Lipinski definition) is 4. The van der Waals surface area contributed by atoms with E-state index in [1.54, 1.807) is 6.92 Å². The molecule has 94 valence electrons. The Labute approximate surface area is 103 Å². The molecule has 0 bridgehead atoms. The third-order valence-corrected chi connectivity index (χ3v) is 3.22. The Kier molecular flexibility index (Phi) is 5.24. The maximum absolute atomic E-state index is 12.9. The van der Waals surface area contributed by atoms with Crippen LogP contribution in [0.2, 0.25) is 0 Å². The molecule has 1 atom stereocenters. The minimum atomic E-state index is -0.509. The van der Waals surface area contributed by atoms with Gasteiger partial charge >= 0.3 is 0 Å². The van der Waals surface area contributed by atoms with Gasteiger partial charge in [0, 0.05) is 11.4 Å². The summed E-state index contributed by atoms with van der Waals surface area (Å²) in [6, 6.07) is 4.03. The van der Waals surface area contributed by atoms with E-state index in [0.29, 0.717) is 11.4 Å². The van der Waals surface area contributed by atoms with Crippen LogP contribution in [0.4, 0.5) is 15.8 Å². The number of nitrogens with two attached hydrogens (primary N) is 1. The van der Waals surface area contributed by atoms with Crippen molar-refractivity contribution in [3.8, 4) is 0 Å². The molecule has 4 nitrogen and oxygen atoms in total. The highest BCUT2D eigenvalue weighted by molar-refractivity contribution is 8.00. The predicted octanol–water partition coefficient (Wildman–Crippen LogP) is 1.46. The molecule has 0 fully saturated rings. The molecule has 6 heteroatoms. The molecular weight excluding hydrogens is 243 g/mol. The fraction of sp³-hybridized carbons (Fsp3) is 0.364. The van der Waals surface area contributed by atoms with Crippen molar-refractivity contribution in [3.63, 3.8) is 0 Å². The van der Waals surface area contributed by atoms with Gasteiger partial charge in [-0.1, -0.05) is 0 Å². The molecule has 0 aliphatic heterocycles. The van der Waals surface area contributed by atoms with Crippen molar-refractivity contribution in [2.75, 3.05) is 23.4 Å². The van der Waals surface area contributed by atoms with Gasteiger partial charge in [-0.3, -0.25) is 4.79 Å². The molecule has 1 aromatic carbocycles. The molecule has 4 N–H and O–H groups in total. The van der Waals surface area contributed by atoms with Gasteiger partial charge in [-0.05, 0) is 25.1 Å². The number of hydrogen-bond donors (Lipinski definition) is 3. The quantitative estimate of drug-likeness (QED) is 0.699. The molecule has 0 saturated carbocycles. The van der Waals surface area contributed by atoms with Gasteiger partial charge in [0.25, 0.3) is 0 Å². The Balaban J connectivity index is 2.58. The van der Waals surface area contributed by atoms with E-state index in [2.05, 4.69) is 5.32 Å². The summed E-state index contributed by atoms with van der Waals surface area (Å²) in [5.41, 5.74) is 5.85. The summed E-state index contributed by atoms with van der Waals surface area (Å²) < 4.78 is 12.9. The number of amides is 1. The number of benzene rings is 1. The SMILES string of the molecule is CC(SCCO)C(=O)Nc1ccc(F)c(N)c1. The molecule has 1 amide bonds. The van der Waals surface area contributed by atoms with E-state index >= 15 is 0 Å². The summed E-state index contributed by atoms with van der Waals surface area (Å²) in [5, 5.41) is 11.0. The summed E-state index contributed by atoms with van der Waals surface area (Å²) in [4.78, 5) is 11.7. The van der Waals surface area contributed by atoms with Crippen molar-refractivity contribution in [1.29, 1.82) is 0 Å². The second kappa shape index (κ2) is 6.46. The molecule has 1 aromatic rings. The minimum absolute atomic E-state index is 0.00142. The first-order chi connectivity index (χ1) is 8.04. The van der Waals surface area contributed by atoms with Crippen LogP contribution < -0.4 is 11.1 Å². The number of nitrogens with one attached hydrogen (secondary N) is 1. The third kappa shape index (κ3) is 4.24. The van der Waals surface area contributed by atoms with Gasteiger partial charge in [0.2, 0.25) is 5.91 Å². The molecule has 0 spiro atoms. The van der Waals surface area contributed by atoms with Gasteiger partial charge < -0.3 is 16.2 Å². The average Bonchev–Trinajstić information content (AvgIpc) is 2.30. The molecule has 1 rings (SSSR count). The Morgan fingerprint density at radius 1 is 1.65 bits per heavy atom. The highest BCUT2D eigenvalue weighted by atomic mass is 32.2. The lowest BCUT2D eigenvalue weighted by molar-refractivity contribution is -0.115. The van der Waals surface area contributed by atoms with Crippen LogP contribution in [0, 0.1) is 5.82 Å². The smallest absolute Gasteiger partial charge is 0.237 e. The third-order valence-electron chi connectivity index (χ3n) is 2.09. The van der Waals surface area contributed by atoms with Crippen LogP contribution >= 0.6 is 11.8 Å². The number of thioether (sulfide) groups is 1. The summed E-state index contributed by atoms with van der Waals surface area (Å²) >= 11 is 1.34. The van der Waals surface area contributed by atoms with Gasteiger partial charge in [0.15, 0.2) is 0 Å². The number of halogens is 1. The van der Waals surface area contributed by atoms with Crippen molar-refractivity contribution >= 4 is 29.0 Å². The first-order valence-corrected chi connectivity index (χ1v) is 6.18. The summed E-state index contributed by atoms with van der Waals surface area (Å²) in [6.45, 7) is 1.77. The zero-order valence-corrected chi connectivity index (χ0v) is 10.3. The van der Waals surface area contributed by atoms with Gasteiger partial charge in [-0.25, -0.2) is 4.39 Å². The summed E-state index contributed by atoms with van der Waals surface area (Å²) in [7, 11) is 0. The van der Waals surface area contributed by atoms with Crippen LogP contribution in [0.15, 0.2) is 18.2 Å².